The normalized spacial score (nSPS) is 11.0. The quantitative estimate of drug-likeness (QED) is 0.779. The molecule has 3 aromatic rings. The van der Waals surface area contributed by atoms with Crippen LogP contribution in [-0.2, 0) is 0 Å². The summed E-state index contributed by atoms with van der Waals surface area (Å²) >= 11 is 1.76. The van der Waals surface area contributed by atoms with Crippen molar-refractivity contribution in [2.24, 2.45) is 0 Å². The minimum absolute atomic E-state index is 0.217. The molecule has 0 aliphatic carbocycles. The van der Waals surface area contributed by atoms with Crippen LogP contribution in [0.1, 0.15) is 0 Å². The van der Waals surface area contributed by atoms with Gasteiger partial charge in [-0.15, -0.1) is 0 Å². The summed E-state index contributed by atoms with van der Waals surface area (Å²) in [5.41, 5.74) is 1.64. The number of aromatic nitrogens is 4. The molecule has 0 fully saturated rings. The fraction of sp³-hybridized carbons (Fsp3) is 0.267. The Morgan fingerprint density at radius 3 is 2.82 bits per heavy atom. The van der Waals surface area contributed by atoms with Gasteiger partial charge in [0.25, 0.3) is 5.56 Å². The number of thioether (sulfide) groups is 1. The molecule has 6 nitrogen and oxygen atoms in total. The molecule has 3 rings (SSSR count). The van der Waals surface area contributed by atoms with Gasteiger partial charge in [0.05, 0.1) is 0 Å². The Balaban J connectivity index is 2.10. The van der Waals surface area contributed by atoms with Gasteiger partial charge in [0.2, 0.25) is 5.95 Å². The highest BCUT2D eigenvalue weighted by Crippen LogP contribution is 2.15. The van der Waals surface area contributed by atoms with Crippen LogP contribution in [0.2, 0.25) is 0 Å². The second-order valence-electron chi connectivity index (χ2n) is 4.93. The standard InChI is InChI=1S/C15H17N5OS/c1-19(8-9-22-2)15-17-13-12(14(21)18-15)16-10-20(13)11-6-4-3-5-7-11/h3-7,10H,8-9H2,1-2H3,(H,17,18,21). The third-order valence-corrected chi connectivity index (χ3v) is 4.01. The van der Waals surface area contributed by atoms with Crippen LogP contribution < -0.4 is 10.5 Å². The average Bonchev–Trinajstić information content (AvgIpc) is 2.98. The molecule has 0 saturated heterocycles. The number of rotatable bonds is 5. The number of anilines is 1. The highest BCUT2D eigenvalue weighted by atomic mass is 32.2. The van der Waals surface area contributed by atoms with Crippen molar-refractivity contribution in [3.63, 3.8) is 0 Å². The predicted octanol–water partition coefficient (Wildman–Crippen LogP) is 1.91. The van der Waals surface area contributed by atoms with Crippen LogP contribution in [0.25, 0.3) is 16.9 Å². The molecule has 0 amide bonds. The Hall–Kier alpha value is -2.28. The average molecular weight is 315 g/mol. The number of para-hydroxylation sites is 1. The zero-order valence-corrected chi connectivity index (χ0v) is 13.3. The predicted molar refractivity (Wildman–Crippen MR) is 91.1 cm³/mol. The summed E-state index contributed by atoms with van der Waals surface area (Å²) in [6.45, 7) is 0.815. The molecule has 2 aromatic heterocycles. The summed E-state index contributed by atoms with van der Waals surface area (Å²) < 4.78 is 1.83. The molecule has 1 aromatic carbocycles. The van der Waals surface area contributed by atoms with E-state index in [0.717, 1.165) is 18.0 Å². The number of imidazole rings is 1. The number of hydrogen-bond donors (Lipinski definition) is 1. The summed E-state index contributed by atoms with van der Waals surface area (Å²) in [7, 11) is 1.92. The first-order chi connectivity index (χ1) is 10.7. The van der Waals surface area contributed by atoms with Crippen LogP contribution in [-0.4, -0.2) is 45.1 Å². The topological polar surface area (TPSA) is 66.8 Å². The fourth-order valence-electron chi connectivity index (χ4n) is 2.19. The summed E-state index contributed by atoms with van der Waals surface area (Å²) in [6.07, 6.45) is 3.69. The number of benzene rings is 1. The van der Waals surface area contributed by atoms with E-state index in [4.69, 9.17) is 0 Å². The fourth-order valence-corrected chi connectivity index (χ4v) is 2.65. The van der Waals surface area contributed by atoms with E-state index in [1.54, 1.807) is 18.1 Å². The molecule has 0 unspecified atom stereocenters. The van der Waals surface area contributed by atoms with Gasteiger partial charge < -0.3 is 4.90 Å². The minimum Gasteiger partial charge on any atom is -0.345 e. The second-order valence-corrected chi connectivity index (χ2v) is 5.91. The molecular weight excluding hydrogens is 298 g/mol. The van der Waals surface area contributed by atoms with Crippen molar-refractivity contribution in [3.05, 3.63) is 47.0 Å². The van der Waals surface area contributed by atoms with Gasteiger partial charge in [-0.05, 0) is 18.4 Å². The monoisotopic (exact) mass is 315 g/mol. The van der Waals surface area contributed by atoms with Crippen molar-refractivity contribution in [1.82, 2.24) is 19.5 Å². The maximum absolute atomic E-state index is 12.2. The molecule has 0 spiro atoms. The molecule has 0 atom stereocenters. The van der Waals surface area contributed by atoms with Crippen LogP contribution in [0.4, 0.5) is 5.95 Å². The molecule has 7 heteroatoms. The minimum atomic E-state index is -0.217. The Labute approximate surface area is 132 Å². The number of nitrogens with one attached hydrogen (secondary N) is 1. The molecule has 0 bridgehead atoms. The molecule has 1 N–H and O–H groups in total. The van der Waals surface area contributed by atoms with Gasteiger partial charge in [0, 0.05) is 25.0 Å². The van der Waals surface area contributed by atoms with Crippen LogP contribution in [0.15, 0.2) is 41.5 Å². The largest absolute Gasteiger partial charge is 0.345 e. The molecule has 0 radical (unpaired) electrons. The van der Waals surface area contributed by atoms with Gasteiger partial charge in [-0.3, -0.25) is 14.3 Å². The van der Waals surface area contributed by atoms with E-state index >= 15 is 0 Å². The van der Waals surface area contributed by atoms with Gasteiger partial charge in [-0.2, -0.15) is 16.7 Å². The molecule has 22 heavy (non-hydrogen) atoms. The Morgan fingerprint density at radius 2 is 2.09 bits per heavy atom. The van der Waals surface area contributed by atoms with E-state index in [1.165, 1.54) is 0 Å². The third kappa shape index (κ3) is 2.71. The number of fused-ring (bicyclic) bond motifs is 1. The van der Waals surface area contributed by atoms with E-state index in [2.05, 4.69) is 21.2 Å². The third-order valence-electron chi connectivity index (χ3n) is 3.42. The van der Waals surface area contributed by atoms with Crippen molar-refractivity contribution < 1.29 is 0 Å². The summed E-state index contributed by atoms with van der Waals surface area (Å²) in [5.74, 6) is 1.53. The lowest BCUT2D eigenvalue weighted by atomic mass is 10.3. The number of aromatic amines is 1. The van der Waals surface area contributed by atoms with Crippen LogP contribution in [0.3, 0.4) is 0 Å². The van der Waals surface area contributed by atoms with Crippen molar-refractivity contribution in [2.75, 3.05) is 30.5 Å². The van der Waals surface area contributed by atoms with Crippen LogP contribution in [0, 0.1) is 0 Å². The molecule has 2 heterocycles. The molecule has 114 valence electrons. The van der Waals surface area contributed by atoms with Gasteiger partial charge in [0.1, 0.15) is 6.33 Å². The Morgan fingerprint density at radius 1 is 1.32 bits per heavy atom. The second kappa shape index (κ2) is 6.23. The van der Waals surface area contributed by atoms with E-state index < -0.39 is 0 Å². The van der Waals surface area contributed by atoms with Crippen LogP contribution in [0.5, 0.6) is 0 Å². The lowest BCUT2D eigenvalue weighted by molar-refractivity contribution is 0.903. The van der Waals surface area contributed by atoms with E-state index in [1.807, 2.05) is 46.8 Å². The SMILES string of the molecule is CSCCN(C)c1nc2c(ncn2-c2ccccc2)c(=O)[nH]1. The first-order valence-electron chi connectivity index (χ1n) is 6.93. The van der Waals surface area contributed by atoms with Gasteiger partial charge >= 0.3 is 0 Å². The van der Waals surface area contributed by atoms with Gasteiger partial charge in [-0.25, -0.2) is 4.98 Å². The smallest absolute Gasteiger partial charge is 0.280 e. The summed E-state index contributed by atoms with van der Waals surface area (Å²) in [5, 5.41) is 0. The molecular formula is C15H17N5OS. The van der Waals surface area contributed by atoms with E-state index in [9.17, 15) is 4.79 Å². The van der Waals surface area contributed by atoms with Crippen molar-refractivity contribution in [3.8, 4) is 5.69 Å². The first kappa shape index (κ1) is 14.6. The molecule has 0 aliphatic rings. The summed E-state index contributed by atoms with van der Waals surface area (Å²) in [6, 6.07) is 9.76. The summed E-state index contributed by atoms with van der Waals surface area (Å²) in [4.78, 5) is 25.7. The molecule has 0 saturated carbocycles. The maximum atomic E-state index is 12.2. The first-order valence-corrected chi connectivity index (χ1v) is 8.33. The number of nitrogens with zero attached hydrogens (tertiary/aromatic N) is 4. The van der Waals surface area contributed by atoms with Crippen molar-refractivity contribution >= 4 is 28.9 Å². The highest BCUT2D eigenvalue weighted by Gasteiger charge is 2.13. The Bertz CT molecular complexity index is 827. The zero-order chi connectivity index (χ0) is 15.5. The Kier molecular flexibility index (Phi) is 4.15. The van der Waals surface area contributed by atoms with Gasteiger partial charge in [-0.1, -0.05) is 18.2 Å². The maximum Gasteiger partial charge on any atom is 0.280 e. The zero-order valence-electron chi connectivity index (χ0n) is 12.5. The number of H-pyrrole nitrogens is 1. The highest BCUT2D eigenvalue weighted by molar-refractivity contribution is 7.98. The van der Waals surface area contributed by atoms with Crippen LogP contribution >= 0.6 is 11.8 Å². The van der Waals surface area contributed by atoms with Crippen molar-refractivity contribution in [2.45, 2.75) is 0 Å². The number of hydrogen-bond acceptors (Lipinski definition) is 5. The van der Waals surface area contributed by atoms with E-state index in [0.29, 0.717) is 17.1 Å². The van der Waals surface area contributed by atoms with E-state index in [-0.39, 0.29) is 5.56 Å². The van der Waals surface area contributed by atoms with Crippen molar-refractivity contribution in [1.29, 1.82) is 0 Å². The lowest BCUT2D eigenvalue weighted by Crippen LogP contribution is -2.25. The van der Waals surface area contributed by atoms with Gasteiger partial charge in [0.15, 0.2) is 11.2 Å². The lowest BCUT2D eigenvalue weighted by Gasteiger charge is -2.16. The molecule has 0 aliphatic heterocycles.